The van der Waals surface area contributed by atoms with Crippen molar-refractivity contribution in [3.8, 4) is 5.75 Å². The lowest BCUT2D eigenvalue weighted by Gasteiger charge is -2.30. The number of methoxy groups -OCH3 is 1. The van der Waals surface area contributed by atoms with Crippen LogP contribution in [0.4, 0.5) is 4.39 Å². The number of carbonyl (C=O) groups excluding carboxylic acids is 1. The van der Waals surface area contributed by atoms with Crippen molar-refractivity contribution in [3.63, 3.8) is 0 Å². The molecular formula is C16H22FNO2. The Morgan fingerprint density at radius 1 is 1.35 bits per heavy atom. The Labute approximate surface area is 119 Å². The minimum atomic E-state index is -0.408. The fourth-order valence-electron chi connectivity index (χ4n) is 2.86. The molecule has 0 radical (unpaired) electrons. The van der Waals surface area contributed by atoms with Crippen molar-refractivity contribution in [3.05, 3.63) is 29.6 Å². The summed E-state index contributed by atoms with van der Waals surface area (Å²) in [7, 11) is 3.47. The van der Waals surface area contributed by atoms with Gasteiger partial charge in [-0.2, -0.15) is 0 Å². The van der Waals surface area contributed by atoms with E-state index in [0.717, 1.165) is 12.8 Å². The molecule has 1 aromatic carbocycles. The quantitative estimate of drug-likeness (QED) is 0.775. The molecular weight excluding hydrogens is 257 g/mol. The molecule has 110 valence electrons. The van der Waals surface area contributed by atoms with Gasteiger partial charge in [0.25, 0.3) is 0 Å². The minimum Gasteiger partial charge on any atom is -0.496 e. The second-order valence-corrected chi connectivity index (χ2v) is 5.47. The Kier molecular flexibility index (Phi) is 5.12. The second kappa shape index (κ2) is 6.84. The van der Waals surface area contributed by atoms with Crippen molar-refractivity contribution < 1.29 is 13.9 Å². The van der Waals surface area contributed by atoms with Gasteiger partial charge in [-0.3, -0.25) is 9.69 Å². The summed E-state index contributed by atoms with van der Waals surface area (Å²) in [5.41, 5.74) is 0.329. The average Bonchev–Trinajstić information content (AvgIpc) is 2.48. The van der Waals surface area contributed by atoms with Gasteiger partial charge >= 0.3 is 0 Å². The second-order valence-electron chi connectivity index (χ2n) is 5.47. The number of likely N-dealkylation sites (N-methyl/N-ethyl adjacent to an activating group) is 1. The molecule has 0 N–H and O–H groups in total. The fourth-order valence-corrected chi connectivity index (χ4v) is 2.86. The number of hydrogen-bond donors (Lipinski definition) is 0. The maximum Gasteiger partial charge on any atom is 0.180 e. The molecule has 0 unspecified atom stereocenters. The van der Waals surface area contributed by atoms with E-state index in [1.54, 1.807) is 0 Å². The SMILES string of the molecule is COc1ccc(F)cc1C(=O)CN(C)C1CCCCC1. The average molecular weight is 279 g/mol. The van der Waals surface area contributed by atoms with E-state index in [1.165, 1.54) is 44.6 Å². The number of ketones is 1. The van der Waals surface area contributed by atoms with Crippen LogP contribution in [0.15, 0.2) is 18.2 Å². The summed E-state index contributed by atoms with van der Waals surface area (Å²) in [4.78, 5) is 14.4. The molecule has 20 heavy (non-hydrogen) atoms. The Hall–Kier alpha value is -1.42. The monoisotopic (exact) mass is 279 g/mol. The standard InChI is InChI=1S/C16H22FNO2/c1-18(13-6-4-3-5-7-13)11-15(19)14-10-12(17)8-9-16(14)20-2/h8-10,13H,3-7,11H2,1-2H3. The molecule has 1 aliphatic rings. The van der Waals surface area contributed by atoms with Crippen LogP contribution in [0.3, 0.4) is 0 Å². The number of hydrogen-bond acceptors (Lipinski definition) is 3. The van der Waals surface area contributed by atoms with E-state index in [4.69, 9.17) is 4.74 Å². The lowest BCUT2D eigenvalue weighted by atomic mass is 9.94. The van der Waals surface area contributed by atoms with Crippen LogP contribution >= 0.6 is 0 Å². The van der Waals surface area contributed by atoms with Gasteiger partial charge in [0.05, 0.1) is 19.2 Å². The van der Waals surface area contributed by atoms with E-state index >= 15 is 0 Å². The van der Waals surface area contributed by atoms with Gasteiger partial charge in [-0.05, 0) is 38.1 Å². The zero-order valence-electron chi connectivity index (χ0n) is 12.2. The Morgan fingerprint density at radius 2 is 2.05 bits per heavy atom. The van der Waals surface area contributed by atoms with Crippen molar-refractivity contribution in [1.29, 1.82) is 0 Å². The number of rotatable bonds is 5. The van der Waals surface area contributed by atoms with E-state index in [9.17, 15) is 9.18 Å². The van der Waals surface area contributed by atoms with Crippen molar-refractivity contribution in [1.82, 2.24) is 4.90 Å². The summed E-state index contributed by atoms with van der Waals surface area (Å²) in [5, 5.41) is 0. The van der Waals surface area contributed by atoms with Gasteiger partial charge in [-0.15, -0.1) is 0 Å². The molecule has 0 amide bonds. The number of nitrogens with zero attached hydrogens (tertiary/aromatic N) is 1. The normalized spacial score (nSPS) is 16.4. The Bertz CT molecular complexity index is 470. The molecule has 0 atom stereocenters. The molecule has 0 bridgehead atoms. The highest BCUT2D eigenvalue weighted by molar-refractivity contribution is 6.00. The topological polar surface area (TPSA) is 29.5 Å². The van der Waals surface area contributed by atoms with Crippen LogP contribution in [-0.2, 0) is 0 Å². The number of Topliss-reactive ketones (excluding diaryl/α,β-unsaturated/α-hetero) is 1. The molecule has 1 aromatic rings. The highest BCUT2D eigenvalue weighted by atomic mass is 19.1. The molecule has 1 fully saturated rings. The number of carbonyl (C=O) groups is 1. The number of benzene rings is 1. The molecule has 2 rings (SSSR count). The first kappa shape index (κ1) is 15.0. The smallest absolute Gasteiger partial charge is 0.180 e. The minimum absolute atomic E-state index is 0.0885. The summed E-state index contributed by atoms with van der Waals surface area (Å²) in [6.45, 7) is 0.310. The zero-order valence-corrected chi connectivity index (χ0v) is 12.2. The lowest BCUT2D eigenvalue weighted by molar-refractivity contribution is 0.0896. The zero-order chi connectivity index (χ0) is 14.5. The first-order valence-corrected chi connectivity index (χ1v) is 7.19. The van der Waals surface area contributed by atoms with Crippen molar-refractivity contribution in [2.24, 2.45) is 0 Å². The molecule has 3 nitrogen and oxygen atoms in total. The molecule has 0 heterocycles. The van der Waals surface area contributed by atoms with Crippen LogP contribution in [0.1, 0.15) is 42.5 Å². The van der Waals surface area contributed by atoms with Gasteiger partial charge < -0.3 is 4.74 Å². The third-order valence-electron chi connectivity index (χ3n) is 4.05. The van der Waals surface area contributed by atoms with Gasteiger partial charge in [0, 0.05) is 6.04 Å². The first-order valence-electron chi connectivity index (χ1n) is 7.19. The predicted octanol–water partition coefficient (Wildman–Crippen LogP) is 3.28. The maximum absolute atomic E-state index is 13.3. The molecule has 0 saturated heterocycles. The first-order chi connectivity index (χ1) is 9.61. The van der Waals surface area contributed by atoms with Crippen LogP contribution in [0.2, 0.25) is 0 Å². The van der Waals surface area contributed by atoms with E-state index in [1.807, 2.05) is 7.05 Å². The number of halogens is 1. The van der Waals surface area contributed by atoms with Gasteiger partial charge in [-0.1, -0.05) is 19.3 Å². The summed E-state index contributed by atoms with van der Waals surface area (Å²) in [6.07, 6.45) is 6.03. The van der Waals surface area contributed by atoms with Gasteiger partial charge in [-0.25, -0.2) is 4.39 Å². The van der Waals surface area contributed by atoms with E-state index in [2.05, 4.69) is 4.90 Å². The Balaban J connectivity index is 2.05. The van der Waals surface area contributed by atoms with E-state index in [0.29, 0.717) is 23.9 Å². The molecule has 0 aliphatic heterocycles. The van der Waals surface area contributed by atoms with Crippen LogP contribution < -0.4 is 4.74 Å². The Morgan fingerprint density at radius 3 is 2.70 bits per heavy atom. The third-order valence-corrected chi connectivity index (χ3v) is 4.05. The van der Waals surface area contributed by atoms with E-state index in [-0.39, 0.29) is 5.78 Å². The highest BCUT2D eigenvalue weighted by Gasteiger charge is 2.22. The van der Waals surface area contributed by atoms with Gasteiger partial charge in [0.2, 0.25) is 0 Å². The maximum atomic E-state index is 13.3. The number of ether oxygens (including phenoxy) is 1. The summed E-state index contributed by atoms with van der Waals surface area (Å²) in [6, 6.07) is 4.53. The fraction of sp³-hybridized carbons (Fsp3) is 0.562. The van der Waals surface area contributed by atoms with Crippen molar-refractivity contribution in [2.75, 3.05) is 20.7 Å². The van der Waals surface area contributed by atoms with Crippen molar-refractivity contribution in [2.45, 2.75) is 38.1 Å². The van der Waals surface area contributed by atoms with Crippen LogP contribution in [0, 0.1) is 5.82 Å². The van der Waals surface area contributed by atoms with Crippen molar-refractivity contribution >= 4 is 5.78 Å². The lowest BCUT2D eigenvalue weighted by Crippen LogP contribution is -2.37. The predicted molar refractivity (Wildman–Crippen MR) is 76.8 cm³/mol. The third kappa shape index (κ3) is 3.57. The van der Waals surface area contributed by atoms with Crippen LogP contribution in [-0.4, -0.2) is 37.4 Å². The highest BCUT2D eigenvalue weighted by Crippen LogP contribution is 2.23. The van der Waals surface area contributed by atoms with Crippen LogP contribution in [0.5, 0.6) is 5.75 Å². The van der Waals surface area contributed by atoms with Gasteiger partial charge in [0.15, 0.2) is 5.78 Å². The largest absolute Gasteiger partial charge is 0.496 e. The summed E-state index contributed by atoms with van der Waals surface area (Å²) >= 11 is 0. The molecule has 4 heteroatoms. The summed E-state index contributed by atoms with van der Waals surface area (Å²) < 4.78 is 18.5. The summed E-state index contributed by atoms with van der Waals surface area (Å²) in [5.74, 6) is -0.0580. The molecule has 1 saturated carbocycles. The van der Waals surface area contributed by atoms with Gasteiger partial charge in [0.1, 0.15) is 11.6 Å². The van der Waals surface area contributed by atoms with Crippen LogP contribution in [0.25, 0.3) is 0 Å². The molecule has 1 aliphatic carbocycles. The van der Waals surface area contributed by atoms with E-state index < -0.39 is 5.82 Å². The molecule has 0 spiro atoms. The molecule has 0 aromatic heterocycles.